The van der Waals surface area contributed by atoms with Gasteiger partial charge in [-0.05, 0) is 43.2 Å². The van der Waals surface area contributed by atoms with E-state index in [-0.39, 0.29) is 23.2 Å². The summed E-state index contributed by atoms with van der Waals surface area (Å²) in [4.78, 5) is 15.1. The number of benzene rings is 2. The zero-order valence-electron chi connectivity index (χ0n) is 19.0. The zero-order valence-corrected chi connectivity index (χ0v) is 19.0. The van der Waals surface area contributed by atoms with Gasteiger partial charge in [0.15, 0.2) is 23.2 Å². The van der Waals surface area contributed by atoms with E-state index >= 15 is 0 Å². The number of para-hydroxylation sites is 1. The first-order valence-corrected chi connectivity index (χ1v) is 11.2. The third-order valence-electron chi connectivity index (χ3n) is 6.21. The molecule has 1 fully saturated rings. The van der Waals surface area contributed by atoms with E-state index in [1.807, 2.05) is 17.7 Å². The molecule has 1 saturated heterocycles. The third-order valence-corrected chi connectivity index (χ3v) is 6.21. The van der Waals surface area contributed by atoms with Gasteiger partial charge in [-0.2, -0.15) is 5.10 Å². The Kier molecular flexibility index (Phi) is 5.97. The lowest BCUT2D eigenvalue weighted by molar-refractivity contribution is 0.364. The summed E-state index contributed by atoms with van der Waals surface area (Å²) in [5, 5.41) is 7.02. The molecule has 2 aromatic heterocycles. The van der Waals surface area contributed by atoms with Crippen LogP contribution in [0.4, 0.5) is 14.6 Å². The molecule has 5 rings (SSSR count). The molecule has 0 amide bonds. The molecular formula is C26H23F2N5O2. The highest BCUT2D eigenvalue weighted by Gasteiger charge is 2.27. The van der Waals surface area contributed by atoms with E-state index in [0.717, 1.165) is 42.8 Å². The first kappa shape index (κ1) is 22.6. The van der Waals surface area contributed by atoms with Crippen molar-refractivity contribution < 1.29 is 13.5 Å². The number of likely N-dealkylation sites (tertiary alicyclic amines) is 1. The predicted molar refractivity (Wildman–Crippen MR) is 130 cm³/mol. The average molecular weight is 475 g/mol. The summed E-state index contributed by atoms with van der Waals surface area (Å²) >= 11 is 0. The number of nitrogens with two attached hydrogens (primary N) is 1. The number of nitrogens with one attached hydrogen (secondary N) is 1. The van der Waals surface area contributed by atoms with Gasteiger partial charge in [-0.1, -0.05) is 24.1 Å². The number of nitrogen functional groups attached to an aromatic ring is 1. The molecule has 0 spiro atoms. The fraction of sp³-hybridized carbons (Fsp3) is 0.231. The Bertz CT molecular complexity index is 1500. The molecule has 178 valence electrons. The van der Waals surface area contributed by atoms with Crippen molar-refractivity contribution in [2.24, 2.45) is 0 Å². The van der Waals surface area contributed by atoms with Gasteiger partial charge in [0, 0.05) is 30.9 Å². The second kappa shape index (κ2) is 9.24. The van der Waals surface area contributed by atoms with Crippen LogP contribution in [0.25, 0.3) is 22.0 Å². The molecule has 4 aromatic rings. The van der Waals surface area contributed by atoms with E-state index in [9.17, 15) is 13.6 Å². The molecular weight excluding hydrogens is 452 g/mol. The van der Waals surface area contributed by atoms with Gasteiger partial charge >= 0.3 is 0 Å². The number of anilines is 1. The molecule has 3 N–H and O–H groups in total. The van der Waals surface area contributed by atoms with Crippen LogP contribution in [0.2, 0.25) is 0 Å². The lowest BCUT2D eigenvalue weighted by Gasteiger charge is -2.15. The maximum Gasteiger partial charge on any atom is 0.288 e. The Morgan fingerprint density at radius 3 is 2.66 bits per heavy atom. The summed E-state index contributed by atoms with van der Waals surface area (Å²) < 4.78 is 35.3. The molecule has 0 saturated carbocycles. The molecule has 7 nitrogen and oxygen atoms in total. The lowest BCUT2D eigenvalue weighted by atomic mass is 10.1. The summed E-state index contributed by atoms with van der Waals surface area (Å²) in [6.45, 7) is 4.15. The van der Waals surface area contributed by atoms with E-state index in [1.54, 1.807) is 24.3 Å². The van der Waals surface area contributed by atoms with Gasteiger partial charge in [-0.3, -0.25) is 9.69 Å². The van der Waals surface area contributed by atoms with Crippen LogP contribution < -0.4 is 16.0 Å². The molecule has 2 aromatic carbocycles. The normalized spacial score (nSPS) is 15.8. The zero-order chi connectivity index (χ0) is 24.5. The number of aromatic amines is 1. The quantitative estimate of drug-likeness (QED) is 0.420. The number of H-pyrrole nitrogens is 1. The summed E-state index contributed by atoms with van der Waals surface area (Å²) in [6.07, 6.45) is 2.79. The van der Waals surface area contributed by atoms with Gasteiger partial charge in [0.05, 0.1) is 11.9 Å². The van der Waals surface area contributed by atoms with Gasteiger partial charge in [0.1, 0.15) is 11.3 Å². The third kappa shape index (κ3) is 4.24. The summed E-state index contributed by atoms with van der Waals surface area (Å²) in [5.41, 5.74) is 7.86. The van der Waals surface area contributed by atoms with E-state index in [4.69, 9.17) is 10.5 Å². The maximum absolute atomic E-state index is 14.0. The van der Waals surface area contributed by atoms with E-state index < -0.39 is 17.4 Å². The van der Waals surface area contributed by atoms with Crippen LogP contribution in [0, 0.1) is 23.5 Å². The smallest absolute Gasteiger partial charge is 0.288 e. The predicted octanol–water partition coefficient (Wildman–Crippen LogP) is 4.31. The minimum atomic E-state index is -0.786. The summed E-state index contributed by atoms with van der Waals surface area (Å²) in [7, 11) is 0. The largest absolute Gasteiger partial charge is 0.451 e. The van der Waals surface area contributed by atoms with Gasteiger partial charge in [-0.15, -0.1) is 5.92 Å². The SMILES string of the molecule is CC#CCN1CCC(n2cc(-c3ccc(Oc4c(F)cccc4F)cc3)c3c(N)n[nH]c(=O)c32)C1. The molecule has 0 aliphatic carbocycles. The van der Waals surface area contributed by atoms with Crippen LogP contribution in [0.3, 0.4) is 0 Å². The van der Waals surface area contributed by atoms with Crippen LogP contribution in [0.5, 0.6) is 11.5 Å². The van der Waals surface area contributed by atoms with Crippen LogP contribution >= 0.6 is 0 Å². The standard InChI is InChI=1S/C26H23F2N5O2/c1-2-3-12-32-13-11-17(14-32)33-15-19(22-23(33)26(34)31-30-25(22)29)16-7-9-18(10-8-16)35-24-20(27)5-4-6-21(24)28/h4-10,15,17H,11-14H2,1H3,(H2,29,30)(H,31,34). The highest BCUT2D eigenvalue weighted by molar-refractivity contribution is 6.02. The number of halogens is 2. The molecule has 1 aliphatic heterocycles. The Hall–Kier alpha value is -4.16. The summed E-state index contributed by atoms with van der Waals surface area (Å²) in [5.74, 6) is 4.46. The molecule has 1 atom stereocenters. The molecule has 1 unspecified atom stereocenters. The second-order valence-electron chi connectivity index (χ2n) is 8.39. The highest BCUT2D eigenvalue weighted by atomic mass is 19.1. The minimum Gasteiger partial charge on any atom is -0.451 e. The van der Waals surface area contributed by atoms with Gasteiger partial charge in [0.2, 0.25) is 0 Å². The molecule has 1 aliphatic rings. The lowest BCUT2D eigenvalue weighted by Crippen LogP contribution is -2.23. The molecule has 3 heterocycles. The van der Waals surface area contributed by atoms with Crippen molar-refractivity contribution in [3.05, 3.63) is 70.6 Å². The van der Waals surface area contributed by atoms with E-state index in [1.165, 1.54) is 6.07 Å². The van der Waals surface area contributed by atoms with Gasteiger partial charge in [0.25, 0.3) is 5.56 Å². The van der Waals surface area contributed by atoms with Crippen LogP contribution in [-0.4, -0.2) is 39.3 Å². The van der Waals surface area contributed by atoms with Crippen molar-refractivity contribution in [2.75, 3.05) is 25.4 Å². The molecule has 35 heavy (non-hydrogen) atoms. The number of hydrogen-bond acceptors (Lipinski definition) is 5. The van der Waals surface area contributed by atoms with Crippen molar-refractivity contribution in [3.63, 3.8) is 0 Å². The van der Waals surface area contributed by atoms with Crippen LogP contribution in [0.1, 0.15) is 19.4 Å². The average Bonchev–Trinajstić information content (AvgIpc) is 3.49. The minimum absolute atomic E-state index is 0.0828. The number of ether oxygens (including phenoxy) is 1. The number of hydrogen-bond donors (Lipinski definition) is 2. The fourth-order valence-corrected chi connectivity index (χ4v) is 4.52. The highest BCUT2D eigenvalue weighted by Crippen LogP contribution is 2.37. The van der Waals surface area contributed by atoms with Gasteiger partial charge in [-0.25, -0.2) is 13.9 Å². The molecule has 0 bridgehead atoms. The molecule has 9 heteroatoms. The topological polar surface area (TPSA) is 89.2 Å². The van der Waals surface area contributed by atoms with Crippen molar-refractivity contribution >= 4 is 16.7 Å². The second-order valence-corrected chi connectivity index (χ2v) is 8.39. The number of fused-ring (bicyclic) bond motifs is 1. The Morgan fingerprint density at radius 1 is 1.20 bits per heavy atom. The van der Waals surface area contributed by atoms with Crippen molar-refractivity contribution in [1.82, 2.24) is 19.7 Å². The Labute approximate surface area is 200 Å². The maximum atomic E-state index is 14.0. The first-order chi connectivity index (χ1) is 17.0. The van der Waals surface area contributed by atoms with Gasteiger partial charge < -0.3 is 15.0 Å². The summed E-state index contributed by atoms with van der Waals surface area (Å²) in [6, 6.07) is 10.4. The van der Waals surface area contributed by atoms with Crippen molar-refractivity contribution in [3.8, 4) is 34.5 Å². The number of nitrogens with zero attached hydrogens (tertiary/aromatic N) is 3. The Morgan fingerprint density at radius 2 is 1.94 bits per heavy atom. The van der Waals surface area contributed by atoms with E-state index in [2.05, 4.69) is 26.9 Å². The Balaban J connectivity index is 1.52. The number of aromatic nitrogens is 3. The fourth-order valence-electron chi connectivity index (χ4n) is 4.52. The van der Waals surface area contributed by atoms with Crippen molar-refractivity contribution in [1.29, 1.82) is 0 Å². The van der Waals surface area contributed by atoms with Crippen LogP contribution in [0.15, 0.2) is 53.5 Å². The first-order valence-electron chi connectivity index (χ1n) is 11.2. The van der Waals surface area contributed by atoms with Crippen molar-refractivity contribution in [2.45, 2.75) is 19.4 Å². The van der Waals surface area contributed by atoms with Crippen LogP contribution in [-0.2, 0) is 0 Å². The number of rotatable bonds is 5. The monoisotopic (exact) mass is 475 g/mol. The molecule has 0 radical (unpaired) electrons. The van der Waals surface area contributed by atoms with E-state index in [0.29, 0.717) is 17.4 Å².